The van der Waals surface area contributed by atoms with Crippen LogP contribution in [0, 0.1) is 17.2 Å². The Labute approximate surface area is 113 Å². The molecule has 0 radical (unpaired) electrons. The van der Waals surface area contributed by atoms with Gasteiger partial charge < -0.3 is 9.84 Å². The van der Waals surface area contributed by atoms with Crippen LogP contribution < -0.4 is 4.74 Å². The molecule has 4 nitrogen and oxygen atoms in total. The summed E-state index contributed by atoms with van der Waals surface area (Å²) >= 11 is 0. The van der Waals surface area contributed by atoms with E-state index in [-0.39, 0.29) is 0 Å². The Morgan fingerprint density at radius 2 is 2.00 bits per heavy atom. The second-order valence-corrected chi connectivity index (χ2v) is 5.57. The normalized spacial score (nSPS) is 21.5. The third-order valence-electron chi connectivity index (χ3n) is 3.99. The monoisotopic (exact) mass is 258 g/mol. The minimum Gasteiger partial charge on any atom is -0.492 e. The first-order chi connectivity index (χ1) is 9.19. The van der Waals surface area contributed by atoms with Crippen molar-refractivity contribution in [2.45, 2.75) is 18.4 Å². The van der Waals surface area contributed by atoms with Gasteiger partial charge >= 0.3 is 0 Å². The van der Waals surface area contributed by atoms with Crippen molar-refractivity contribution in [3.63, 3.8) is 0 Å². The van der Waals surface area contributed by atoms with Gasteiger partial charge in [-0.3, -0.25) is 4.90 Å². The number of benzene rings is 1. The second kappa shape index (κ2) is 4.84. The highest BCUT2D eigenvalue weighted by atomic mass is 16.5. The van der Waals surface area contributed by atoms with Crippen LogP contribution in [0.1, 0.15) is 18.4 Å². The largest absolute Gasteiger partial charge is 0.492 e. The Morgan fingerprint density at radius 3 is 2.58 bits per heavy atom. The smallest absolute Gasteiger partial charge is 0.119 e. The molecule has 1 aromatic carbocycles. The van der Waals surface area contributed by atoms with E-state index in [1.54, 1.807) is 12.1 Å². The molecule has 0 atom stereocenters. The third kappa shape index (κ3) is 2.73. The molecule has 100 valence electrons. The van der Waals surface area contributed by atoms with Gasteiger partial charge in [-0.2, -0.15) is 5.26 Å². The van der Waals surface area contributed by atoms with Gasteiger partial charge in [0.1, 0.15) is 12.4 Å². The van der Waals surface area contributed by atoms with Gasteiger partial charge in [-0.25, -0.2) is 0 Å². The van der Waals surface area contributed by atoms with Crippen molar-refractivity contribution in [2.75, 3.05) is 26.2 Å². The molecule has 0 aromatic heterocycles. The first-order valence-electron chi connectivity index (χ1n) is 6.77. The van der Waals surface area contributed by atoms with Gasteiger partial charge in [-0.1, -0.05) is 0 Å². The van der Waals surface area contributed by atoms with Gasteiger partial charge in [0, 0.05) is 19.6 Å². The molecule has 1 heterocycles. The molecule has 0 bridgehead atoms. The lowest BCUT2D eigenvalue weighted by Gasteiger charge is -2.47. The molecule has 0 spiro atoms. The molecular weight excluding hydrogens is 240 g/mol. The Bertz CT molecular complexity index is 482. The average molecular weight is 258 g/mol. The van der Waals surface area contributed by atoms with Crippen LogP contribution in [0.25, 0.3) is 0 Å². The third-order valence-corrected chi connectivity index (χ3v) is 3.99. The summed E-state index contributed by atoms with van der Waals surface area (Å²) in [7, 11) is 0. The van der Waals surface area contributed by atoms with E-state index in [2.05, 4.69) is 11.0 Å². The average Bonchev–Trinajstić information content (AvgIpc) is 3.22. The predicted molar refractivity (Wildman–Crippen MR) is 70.8 cm³/mol. The molecule has 4 heteroatoms. The molecule has 1 aliphatic carbocycles. The van der Waals surface area contributed by atoms with Gasteiger partial charge in [0.25, 0.3) is 0 Å². The fraction of sp³-hybridized carbons (Fsp3) is 0.533. The lowest BCUT2D eigenvalue weighted by molar-refractivity contribution is -0.115. The summed E-state index contributed by atoms with van der Waals surface area (Å²) in [5.41, 5.74) is 0.235. The molecule has 1 saturated heterocycles. The molecule has 1 aromatic rings. The van der Waals surface area contributed by atoms with E-state index < -0.39 is 5.60 Å². The maximum Gasteiger partial charge on any atom is 0.119 e. The van der Waals surface area contributed by atoms with E-state index in [9.17, 15) is 5.11 Å². The lowest BCUT2D eigenvalue weighted by atomic mass is 9.89. The van der Waals surface area contributed by atoms with Gasteiger partial charge in [0.05, 0.1) is 17.2 Å². The number of hydrogen-bond acceptors (Lipinski definition) is 4. The Balaban J connectivity index is 1.38. The van der Waals surface area contributed by atoms with E-state index in [1.807, 2.05) is 12.1 Å². The Kier molecular flexibility index (Phi) is 3.17. The van der Waals surface area contributed by atoms with Crippen LogP contribution in [0.4, 0.5) is 0 Å². The number of rotatable bonds is 5. The van der Waals surface area contributed by atoms with Crippen molar-refractivity contribution in [1.82, 2.24) is 4.90 Å². The standard InChI is InChI=1S/C15H18N2O2/c16-9-12-1-5-14(6-2-12)19-8-7-17-10-15(18,11-17)13-3-4-13/h1-2,5-6,13,18H,3-4,7-8,10-11H2. The molecule has 0 unspecified atom stereocenters. The molecule has 2 fully saturated rings. The van der Waals surface area contributed by atoms with E-state index >= 15 is 0 Å². The van der Waals surface area contributed by atoms with Crippen molar-refractivity contribution in [3.8, 4) is 11.8 Å². The van der Waals surface area contributed by atoms with Crippen molar-refractivity contribution >= 4 is 0 Å². The van der Waals surface area contributed by atoms with Crippen LogP contribution in [-0.4, -0.2) is 41.8 Å². The van der Waals surface area contributed by atoms with Gasteiger partial charge in [0.15, 0.2) is 0 Å². The number of nitrogens with zero attached hydrogens (tertiary/aromatic N) is 2. The number of aliphatic hydroxyl groups is 1. The first kappa shape index (κ1) is 12.5. The summed E-state index contributed by atoms with van der Waals surface area (Å²) < 4.78 is 5.62. The number of ether oxygens (including phenoxy) is 1. The van der Waals surface area contributed by atoms with Gasteiger partial charge in [0.2, 0.25) is 0 Å². The predicted octanol–water partition coefficient (Wildman–Crippen LogP) is 1.39. The summed E-state index contributed by atoms with van der Waals surface area (Å²) in [6, 6.07) is 9.22. The van der Waals surface area contributed by atoms with Crippen molar-refractivity contribution in [2.24, 2.45) is 5.92 Å². The van der Waals surface area contributed by atoms with Crippen molar-refractivity contribution < 1.29 is 9.84 Å². The van der Waals surface area contributed by atoms with Gasteiger partial charge in [-0.05, 0) is 43.0 Å². The summed E-state index contributed by atoms with van der Waals surface area (Å²) in [6.07, 6.45) is 2.37. The van der Waals surface area contributed by atoms with Crippen molar-refractivity contribution in [1.29, 1.82) is 5.26 Å². The highest BCUT2D eigenvalue weighted by Crippen LogP contribution is 2.44. The number of nitriles is 1. The minimum atomic E-state index is -0.408. The summed E-state index contributed by atoms with van der Waals surface area (Å²) in [5, 5.41) is 18.9. The van der Waals surface area contributed by atoms with Crippen molar-refractivity contribution in [3.05, 3.63) is 29.8 Å². The van der Waals surface area contributed by atoms with Crippen LogP contribution in [0.5, 0.6) is 5.75 Å². The zero-order valence-electron chi connectivity index (χ0n) is 10.9. The molecule has 3 rings (SSSR count). The van der Waals surface area contributed by atoms with Crippen LogP contribution in [0.15, 0.2) is 24.3 Å². The van der Waals surface area contributed by atoms with E-state index in [4.69, 9.17) is 10.00 Å². The highest BCUT2D eigenvalue weighted by molar-refractivity contribution is 5.34. The van der Waals surface area contributed by atoms with Crippen LogP contribution in [0.3, 0.4) is 0 Å². The molecule has 19 heavy (non-hydrogen) atoms. The minimum absolute atomic E-state index is 0.408. The molecular formula is C15H18N2O2. The first-order valence-corrected chi connectivity index (χ1v) is 6.77. The summed E-state index contributed by atoms with van der Waals surface area (Å²) in [5.74, 6) is 1.33. The molecule has 1 aliphatic heterocycles. The topological polar surface area (TPSA) is 56.5 Å². The van der Waals surface area contributed by atoms with Crippen LogP contribution in [0.2, 0.25) is 0 Å². The van der Waals surface area contributed by atoms with Gasteiger partial charge in [-0.15, -0.1) is 0 Å². The molecule has 2 aliphatic rings. The van der Waals surface area contributed by atoms with E-state index in [0.29, 0.717) is 18.1 Å². The van der Waals surface area contributed by atoms with Crippen LogP contribution >= 0.6 is 0 Å². The highest BCUT2D eigenvalue weighted by Gasteiger charge is 2.51. The molecule has 1 saturated carbocycles. The van der Waals surface area contributed by atoms with E-state index in [1.165, 1.54) is 12.8 Å². The number of likely N-dealkylation sites (tertiary alicyclic amines) is 1. The Morgan fingerprint density at radius 1 is 1.32 bits per heavy atom. The maximum atomic E-state index is 10.2. The quantitative estimate of drug-likeness (QED) is 0.867. The number of hydrogen-bond donors (Lipinski definition) is 1. The van der Waals surface area contributed by atoms with Crippen LogP contribution in [-0.2, 0) is 0 Å². The fourth-order valence-electron chi connectivity index (χ4n) is 2.68. The molecule has 0 amide bonds. The van der Waals surface area contributed by atoms with E-state index in [0.717, 1.165) is 25.4 Å². The molecule has 1 N–H and O–H groups in total. The maximum absolute atomic E-state index is 10.2. The second-order valence-electron chi connectivity index (χ2n) is 5.57. The summed E-state index contributed by atoms with van der Waals surface area (Å²) in [6.45, 7) is 3.03. The summed E-state index contributed by atoms with van der Waals surface area (Å²) in [4.78, 5) is 2.22. The zero-order valence-corrected chi connectivity index (χ0v) is 10.9. The number of β-amino-alcohol motifs (C(OH)–C–C–N with tert-alkyl or cyclic N) is 1. The Hall–Kier alpha value is -1.57. The fourth-order valence-corrected chi connectivity index (χ4v) is 2.68. The SMILES string of the molecule is N#Cc1ccc(OCCN2CC(O)(C3CC3)C2)cc1. The zero-order chi connectivity index (χ0) is 13.3. The lowest BCUT2D eigenvalue weighted by Crippen LogP contribution is -2.63.